The minimum Gasteiger partial charge on any atom is -0.497 e. The van der Waals surface area contributed by atoms with E-state index in [4.69, 9.17) is 4.74 Å². The predicted octanol–water partition coefficient (Wildman–Crippen LogP) is 4.93. The second-order valence-electron chi connectivity index (χ2n) is 6.92. The monoisotopic (exact) mass is 348 g/mol. The van der Waals surface area contributed by atoms with E-state index in [1.54, 1.807) is 7.11 Å². The van der Waals surface area contributed by atoms with Crippen LogP contribution in [0.5, 0.6) is 5.75 Å². The lowest BCUT2D eigenvalue weighted by Gasteiger charge is -2.30. The number of aromatic amines is 1. The van der Waals surface area contributed by atoms with Gasteiger partial charge in [-0.05, 0) is 54.1 Å². The number of amides is 1. The summed E-state index contributed by atoms with van der Waals surface area (Å²) in [5.74, 6) is 0.960. The Bertz CT molecular complexity index is 898. The molecule has 1 aliphatic rings. The van der Waals surface area contributed by atoms with E-state index in [-0.39, 0.29) is 11.9 Å². The lowest BCUT2D eigenvalue weighted by Crippen LogP contribution is -2.34. The molecule has 0 aliphatic carbocycles. The molecule has 4 nitrogen and oxygen atoms in total. The summed E-state index contributed by atoms with van der Waals surface area (Å²) >= 11 is 0. The van der Waals surface area contributed by atoms with Crippen LogP contribution in [0.1, 0.15) is 47.6 Å². The third-order valence-electron chi connectivity index (χ3n) is 5.32. The molecule has 0 spiro atoms. The molecule has 2 aromatic carbocycles. The molecular weight excluding hydrogens is 324 g/mol. The quantitative estimate of drug-likeness (QED) is 0.729. The minimum atomic E-state index is 0.115. The Morgan fingerprint density at radius 3 is 2.73 bits per heavy atom. The number of nitrogens with one attached hydrogen (secondary N) is 1. The highest BCUT2D eigenvalue weighted by molar-refractivity contribution is 5.98. The van der Waals surface area contributed by atoms with Crippen LogP contribution in [0, 0.1) is 0 Å². The number of nitrogens with zero attached hydrogens (tertiary/aromatic N) is 1. The lowest BCUT2D eigenvalue weighted by molar-refractivity contribution is 0.0681. The Kier molecular flexibility index (Phi) is 4.65. The fourth-order valence-electron chi connectivity index (χ4n) is 3.87. The molecule has 1 amide bonds. The van der Waals surface area contributed by atoms with Crippen LogP contribution in [0.15, 0.2) is 54.7 Å². The van der Waals surface area contributed by atoms with Gasteiger partial charge in [0, 0.05) is 23.8 Å². The van der Waals surface area contributed by atoms with Crippen LogP contribution in [-0.4, -0.2) is 29.4 Å². The van der Waals surface area contributed by atoms with Crippen LogP contribution in [0.2, 0.25) is 0 Å². The van der Waals surface area contributed by atoms with Crippen molar-refractivity contribution >= 4 is 16.8 Å². The first-order chi connectivity index (χ1) is 12.8. The Balaban J connectivity index is 1.66. The number of methoxy groups -OCH3 is 1. The summed E-state index contributed by atoms with van der Waals surface area (Å²) < 4.78 is 5.27. The molecule has 1 saturated heterocycles. The maximum atomic E-state index is 13.3. The van der Waals surface area contributed by atoms with Gasteiger partial charge in [0.25, 0.3) is 5.91 Å². The summed E-state index contributed by atoms with van der Waals surface area (Å²) in [5, 5.41) is 1.13. The van der Waals surface area contributed by atoms with E-state index in [9.17, 15) is 4.79 Å². The molecule has 2 heterocycles. The molecule has 0 bridgehead atoms. The van der Waals surface area contributed by atoms with Crippen molar-refractivity contribution in [2.24, 2.45) is 0 Å². The zero-order chi connectivity index (χ0) is 17.9. The summed E-state index contributed by atoms with van der Waals surface area (Å²) in [7, 11) is 1.67. The number of carbonyl (C=O) groups excluding carboxylic acids is 1. The number of aromatic nitrogens is 1. The van der Waals surface area contributed by atoms with Crippen LogP contribution in [-0.2, 0) is 0 Å². The maximum absolute atomic E-state index is 13.3. The van der Waals surface area contributed by atoms with Crippen molar-refractivity contribution in [3.63, 3.8) is 0 Å². The molecule has 3 aromatic rings. The Morgan fingerprint density at radius 2 is 1.92 bits per heavy atom. The van der Waals surface area contributed by atoms with E-state index in [1.165, 1.54) is 12.0 Å². The van der Waals surface area contributed by atoms with E-state index in [1.807, 2.05) is 42.6 Å². The third kappa shape index (κ3) is 3.19. The van der Waals surface area contributed by atoms with Crippen LogP contribution in [0.25, 0.3) is 10.9 Å². The standard InChI is InChI=1S/C22H24N2O2/c1-26-19-10-8-17(9-11-19)21-5-3-2-4-14-24(21)22(25)18-7-6-16-12-13-23-20(16)15-18/h6-13,15,21,23H,2-5,14H2,1H3. The number of fused-ring (bicyclic) bond motifs is 1. The highest BCUT2D eigenvalue weighted by Crippen LogP contribution is 2.32. The smallest absolute Gasteiger partial charge is 0.254 e. The molecule has 1 atom stereocenters. The molecule has 134 valence electrons. The van der Waals surface area contributed by atoms with Gasteiger partial charge in [-0.25, -0.2) is 0 Å². The molecule has 0 saturated carbocycles. The van der Waals surface area contributed by atoms with Gasteiger partial charge in [0.2, 0.25) is 0 Å². The van der Waals surface area contributed by atoms with Crippen molar-refractivity contribution < 1.29 is 9.53 Å². The van der Waals surface area contributed by atoms with Crippen molar-refractivity contribution in [1.29, 1.82) is 0 Å². The predicted molar refractivity (Wildman–Crippen MR) is 104 cm³/mol. The average Bonchev–Trinajstić information content (AvgIpc) is 3.02. The SMILES string of the molecule is COc1ccc(C2CCCCCN2C(=O)c2ccc3cc[nH]c3c2)cc1. The highest BCUT2D eigenvalue weighted by atomic mass is 16.5. The molecule has 26 heavy (non-hydrogen) atoms. The van der Waals surface area contributed by atoms with Crippen molar-refractivity contribution in [1.82, 2.24) is 9.88 Å². The summed E-state index contributed by atoms with van der Waals surface area (Å²) in [6, 6.07) is 16.2. The van der Waals surface area contributed by atoms with E-state index in [0.29, 0.717) is 0 Å². The van der Waals surface area contributed by atoms with Gasteiger partial charge in [-0.1, -0.05) is 31.0 Å². The topological polar surface area (TPSA) is 45.3 Å². The third-order valence-corrected chi connectivity index (χ3v) is 5.32. The van der Waals surface area contributed by atoms with Crippen molar-refractivity contribution in [3.8, 4) is 5.75 Å². The zero-order valence-electron chi connectivity index (χ0n) is 15.1. The van der Waals surface area contributed by atoms with Gasteiger partial charge in [-0.2, -0.15) is 0 Å². The van der Waals surface area contributed by atoms with E-state index >= 15 is 0 Å². The number of carbonyl (C=O) groups is 1. The van der Waals surface area contributed by atoms with Gasteiger partial charge >= 0.3 is 0 Å². The van der Waals surface area contributed by atoms with Crippen molar-refractivity contribution in [3.05, 3.63) is 65.9 Å². The first kappa shape index (κ1) is 16.7. The summed E-state index contributed by atoms with van der Waals surface area (Å²) in [6.45, 7) is 0.804. The molecule has 1 N–H and O–H groups in total. The summed E-state index contributed by atoms with van der Waals surface area (Å²) in [6.07, 6.45) is 6.29. The molecule has 1 fully saturated rings. The van der Waals surface area contributed by atoms with E-state index < -0.39 is 0 Å². The average molecular weight is 348 g/mol. The number of ether oxygens (including phenoxy) is 1. The number of rotatable bonds is 3. The van der Waals surface area contributed by atoms with Gasteiger partial charge in [0.15, 0.2) is 0 Å². The number of benzene rings is 2. The normalized spacial score (nSPS) is 17.9. The molecular formula is C22H24N2O2. The van der Waals surface area contributed by atoms with Crippen molar-refractivity contribution in [2.75, 3.05) is 13.7 Å². The Labute approximate surface area is 153 Å². The first-order valence-electron chi connectivity index (χ1n) is 9.28. The van der Waals surface area contributed by atoms with Crippen LogP contribution in [0.4, 0.5) is 0 Å². The zero-order valence-corrected chi connectivity index (χ0v) is 15.1. The van der Waals surface area contributed by atoms with E-state index in [2.05, 4.69) is 22.0 Å². The Morgan fingerprint density at radius 1 is 1.08 bits per heavy atom. The van der Waals surface area contributed by atoms with Gasteiger partial charge in [0.1, 0.15) is 5.75 Å². The van der Waals surface area contributed by atoms with Gasteiger partial charge < -0.3 is 14.6 Å². The van der Waals surface area contributed by atoms with E-state index in [0.717, 1.165) is 48.0 Å². The van der Waals surface area contributed by atoms with Crippen molar-refractivity contribution in [2.45, 2.75) is 31.7 Å². The van der Waals surface area contributed by atoms with Gasteiger partial charge in [0.05, 0.1) is 13.2 Å². The lowest BCUT2D eigenvalue weighted by atomic mass is 9.99. The fourth-order valence-corrected chi connectivity index (χ4v) is 3.87. The summed E-state index contributed by atoms with van der Waals surface area (Å²) in [5.41, 5.74) is 2.94. The molecule has 1 unspecified atom stereocenters. The van der Waals surface area contributed by atoms with Crippen LogP contribution < -0.4 is 4.74 Å². The fraction of sp³-hybridized carbons (Fsp3) is 0.318. The molecule has 4 heteroatoms. The maximum Gasteiger partial charge on any atom is 0.254 e. The molecule has 1 aromatic heterocycles. The minimum absolute atomic E-state index is 0.115. The molecule has 4 rings (SSSR count). The summed E-state index contributed by atoms with van der Waals surface area (Å²) in [4.78, 5) is 18.6. The molecule has 1 aliphatic heterocycles. The van der Waals surface area contributed by atoms with Gasteiger partial charge in [-0.3, -0.25) is 4.79 Å². The Hall–Kier alpha value is -2.75. The van der Waals surface area contributed by atoms with Crippen LogP contribution in [0.3, 0.4) is 0 Å². The number of likely N-dealkylation sites (tertiary alicyclic amines) is 1. The number of H-pyrrole nitrogens is 1. The molecule has 0 radical (unpaired) electrons. The number of hydrogen-bond acceptors (Lipinski definition) is 2. The second-order valence-corrected chi connectivity index (χ2v) is 6.92. The highest BCUT2D eigenvalue weighted by Gasteiger charge is 2.27. The second kappa shape index (κ2) is 7.24. The number of hydrogen-bond donors (Lipinski definition) is 1. The largest absolute Gasteiger partial charge is 0.497 e. The first-order valence-corrected chi connectivity index (χ1v) is 9.28. The van der Waals surface area contributed by atoms with Crippen LogP contribution >= 0.6 is 0 Å². The van der Waals surface area contributed by atoms with Gasteiger partial charge in [-0.15, -0.1) is 0 Å².